The zero-order valence-electron chi connectivity index (χ0n) is 9.67. The molecule has 0 atom stereocenters. The molecule has 0 spiro atoms. The fourth-order valence-corrected chi connectivity index (χ4v) is 1.59. The minimum Gasteiger partial charge on any atom is -0.241 e. The lowest BCUT2D eigenvalue weighted by Gasteiger charge is -2.04. The summed E-state index contributed by atoms with van der Waals surface area (Å²) >= 11 is 11.4. The van der Waals surface area contributed by atoms with Crippen LogP contribution in [0.3, 0.4) is 0 Å². The Bertz CT molecular complexity index is 530. The van der Waals surface area contributed by atoms with Crippen molar-refractivity contribution in [3.8, 4) is 0 Å². The molecule has 0 aliphatic rings. The van der Waals surface area contributed by atoms with Crippen LogP contribution in [0, 0.1) is 0 Å². The van der Waals surface area contributed by atoms with E-state index in [0.717, 1.165) is 6.20 Å². The van der Waals surface area contributed by atoms with Crippen molar-refractivity contribution < 1.29 is 13.2 Å². The van der Waals surface area contributed by atoms with E-state index in [1.807, 2.05) is 0 Å². The molecule has 1 heterocycles. The molecule has 0 aromatic carbocycles. The van der Waals surface area contributed by atoms with Crippen LogP contribution in [0.4, 0.5) is 13.2 Å². The minimum absolute atomic E-state index is 0.136. The van der Waals surface area contributed by atoms with E-state index in [0.29, 0.717) is 11.1 Å². The maximum Gasteiger partial charge on any atom is 0.451 e. The Balaban J connectivity index is 3.12. The Morgan fingerprint density at radius 3 is 2.26 bits per heavy atom. The first kappa shape index (κ1) is 15.7. The Hall–Kier alpha value is -1.40. The van der Waals surface area contributed by atoms with Gasteiger partial charge in [-0.25, -0.2) is 15.0 Å². The summed E-state index contributed by atoms with van der Waals surface area (Å²) in [7, 11) is 0. The van der Waals surface area contributed by atoms with Crippen molar-refractivity contribution in [2.24, 2.45) is 9.98 Å². The molecule has 0 aliphatic heterocycles. The maximum absolute atomic E-state index is 12.4. The van der Waals surface area contributed by atoms with Gasteiger partial charge in [-0.2, -0.15) is 13.2 Å². The molecule has 8 heteroatoms. The second kappa shape index (κ2) is 6.16. The molecular formula is C11H8Cl2F3N3. The van der Waals surface area contributed by atoms with E-state index in [-0.39, 0.29) is 10.3 Å². The Morgan fingerprint density at radius 1 is 1.32 bits per heavy atom. The zero-order chi connectivity index (χ0) is 14.6. The molecule has 0 unspecified atom stereocenters. The number of nitrogens with zero attached hydrogens (tertiary/aromatic N) is 3. The first-order chi connectivity index (χ1) is 8.74. The fourth-order valence-electron chi connectivity index (χ4n) is 1.13. The number of amidine groups is 1. The predicted octanol–water partition coefficient (Wildman–Crippen LogP) is 4.41. The number of hydrogen-bond acceptors (Lipinski definition) is 2. The molecule has 0 saturated carbocycles. The molecule has 0 saturated heterocycles. The van der Waals surface area contributed by atoms with Gasteiger partial charge in [0.1, 0.15) is 10.3 Å². The summed E-state index contributed by atoms with van der Waals surface area (Å²) < 4.78 is 37.1. The normalized spacial score (nSPS) is 13.6. The smallest absolute Gasteiger partial charge is 0.241 e. The summed E-state index contributed by atoms with van der Waals surface area (Å²) in [4.78, 5) is 9.80. The van der Waals surface area contributed by atoms with Gasteiger partial charge >= 0.3 is 6.18 Å². The van der Waals surface area contributed by atoms with Crippen molar-refractivity contribution in [3.05, 3.63) is 34.2 Å². The Kier molecular flexibility index (Phi) is 5.08. The van der Waals surface area contributed by atoms with Crippen molar-refractivity contribution in [2.45, 2.75) is 13.1 Å². The van der Waals surface area contributed by atoms with Crippen LogP contribution in [-0.2, 0) is 0 Å². The quantitative estimate of drug-likeness (QED) is 0.453. The maximum atomic E-state index is 12.4. The van der Waals surface area contributed by atoms with Gasteiger partial charge in [0.15, 0.2) is 0 Å². The minimum atomic E-state index is -4.65. The first-order valence-electron chi connectivity index (χ1n) is 4.86. The van der Waals surface area contributed by atoms with Gasteiger partial charge in [-0.1, -0.05) is 23.2 Å². The highest BCUT2D eigenvalue weighted by atomic mass is 35.5. The number of allylic oxidation sites excluding steroid dienone is 1. The molecular weight excluding hydrogens is 302 g/mol. The van der Waals surface area contributed by atoms with E-state index in [2.05, 4.69) is 21.7 Å². The van der Waals surface area contributed by atoms with E-state index in [1.54, 1.807) is 6.92 Å². The summed E-state index contributed by atoms with van der Waals surface area (Å²) in [6.45, 7) is 4.38. The fraction of sp³-hybridized carbons (Fsp3) is 0.182. The summed E-state index contributed by atoms with van der Waals surface area (Å²) in [5.74, 6) is -1.32. The van der Waals surface area contributed by atoms with Gasteiger partial charge in [0, 0.05) is 6.20 Å². The highest BCUT2D eigenvalue weighted by Gasteiger charge is 2.35. The molecule has 1 rings (SSSR count). The molecule has 1 aromatic rings. The number of aliphatic imine (C=N–C) groups is 2. The van der Waals surface area contributed by atoms with Gasteiger partial charge in [0.05, 0.1) is 0 Å². The standard InChI is InChI=1S/C11H8Cl2F3N3/c1-6(5-18-10(17-2)11(14,15)16)7-3-8(12)19-9(13)4-7/h3-5H,2H2,1H3/b6-5+,18-10?. The molecule has 0 radical (unpaired) electrons. The molecule has 0 N–H and O–H groups in total. The summed E-state index contributed by atoms with van der Waals surface area (Å²) in [5, 5.41) is 0.272. The Morgan fingerprint density at radius 2 is 1.84 bits per heavy atom. The SMILES string of the molecule is C=NC(=N/C=C(\C)c1cc(Cl)nc(Cl)c1)C(F)(F)F. The molecule has 102 valence electrons. The van der Waals surface area contributed by atoms with Crippen molar-refractivity contribution in [3.63, 3.8) is 0 Å². The highest BCUT2D eigenvalue weighted by Crippen LogP contribution is 2.22. The van der Waals surface area contributed by atoms with Crippen molar-refractivity contribution >= 4 is 41.3 Å². The molecule has 0 aliphatic carbocycles. The van der Waals surface area contributed by atoms with Gasteiger partial charge < -0.3 is 0 Å². The van der Waals surface area contributed by atoms with Gasteiger partial charge in [-0.15, -0.1) is 0 Å². The van der Waals surface area contributed by atoms with Crippen LogP contribution in [0.2, 0.25) is 10.3 Å². The van der Waals surface area contributed by atoms with Crippen molar-refractivity contribution in [2.75, 3.05) is 0 Å². The van der Waals surface area contributed by atoms with E-state index in [4.69, 9.17) is 23.2 Å². The van der Waals surface area contributed by atoms with Crippen LogP contribution in [0.5, 0.6) is 0 Å². The monoisotopic (exact) mass is 309 g/mol. The summed E-state index contributed by atoms with van der Waals surface area (Å²) in [5.41, 5.74) is 0.941. The lowest BCUT2D eigenvalue weighted by atomic mass is 10.1. The Labute approximate surface area is 117 Å². The van der Waals surface area contributed by atoms with E-state index in [9.17, 15) is 13.2 Å². The number of halogens is 5. The molecule has 1 aromatic heterocycles. The molecule has 19 heavy (non-hydrogen) atoms. The van der Waals surface area contributed by atoms with Crippen LogP contribution in [0.1, 0.15) is 12.5 Å². The van der Waals surface area contributed by atoms with Crippen molar-refractivity contribution in [1.82, 2.24) is 4.98 Å². The number of rotatable bonds is 2. The molecule has 3 nitrogen and oxygen atoms in total. The van der Waals surface area contributed by atoms with Crippen LogP contribution in [-0.4, -0.2) is 23.7 Å². The van der Waals surface area contributed by atoms with E-state index >= 15 is 0 Å². The van der Waals surface area contributed by atoms with Crippen LogP contribution < -0.4 is 0 Å². The third kappa shape index (κ3) is 4.65. The van der Waals surface area contributed by atoms with E-state index < -0.39 is 12.0 Å². The predicted molar refractivity (Wildman–Crippen MR) is 70.9 cm³/mol. The van der Waals surface area contributed by atoms with E-state index in [1.165, 1.54) is 12.1 Å². The third-order valence-electron chi connectivity index (χ3n) is 2.00. The average Bonchev–Trinajstić information content (AvgIpc) is 2.26. The van der Waals surface area contributed by atoms with Gasteiger partial charge in [0.25, 0.3) is 0 Å². The number of hydrogen-bond donors (Lipinski definition) is 0. The summed E-state index contributed by atoms with van der Waals surface area (Å²) in [6, 6.07) is 2.92. The topological polar surface area (TPSA) is 37.6 Å². The zero-order valence-corrected chi connectivity index (χ0v) is 11.2. The molecule has 0 fully saturated rings. The summed E-state index contributed by atoms with van der Waals surface area (Å²) in [6.07, 6.45) is -3.63. The van der Waals surface area contributed by atoms with Gasteiger partial charge in [0.2, 0.25) is 5.84 Å². The molecule has 0 bridgehead atoms. The number of pyridine rings is 1. The van der Waals surface area contributed by atoms with Gasteiger partial charge in [-0.05, 0) is 36.9 Å². The van der Waals surface area contributed by atoms with Crippen LogP contribution >= 0.6 is 23.2 Å². The van der Waals surface area contributed by atoms with Crippen molar-refractivity contribution in [1.29, 1.82) is 0 Å². The lowest BCUT2D eigenvalue weighted by Crippen LogP contribution is -2.20. The van der Waals surface area contributed by atoms with Gasteiger partial charge in [-0.3, -0.25) is 0 Å². The first-order valence-corrected chi connectivity index (χ1v) is 5.61. The number of alkyl halides is 3. The second-order valence-corrected chi connectivity index (χ2v) is 4.20. The van der Waals surface area contributed by atoms with Crippen LogP contribution in [0.25, 0.3) is 5.57 Å². The second-order valence-electron chi connectivity index (χ2n) is 3.42. The highest BCUT2D eigenvalue weighted by molar-refractivity contribution is 6.32. The largest absolute Gasteiger partial charge is 0.451 e. The average molecular weight is 310 g/mol. The molecule has 0 amide bonds. The number of aromatic nitrogens is 1. The third-order valence-corrected chi connectivity index (χ3v) is 2.39. The van der Waals surface area contributed by atoms with Crippen LogP contribution in [0.15, 0.2) is 28.3 Å². The lowest BCUT2D eigenvalue weighted by molar-refractivity contribution is -0.0596.